The number of hydrogen-bond donors (Lipinski definition) is 0. The summed E-state index contributed by atoms with van der Waals surface area (Å²) in [6, 6.07) is 12.4. The molecule has 10 heteroatoms. The lowest BCUT2D eigenvalue weighted by Crippen LogP contribution is -2.45. The van der Waals surface area contributed by atoms with Gasteiger partial charge in [-0.15, -0.1) is 0 Å². The number of methoxy groups -OCH3 is 2. The Hall–Kier alpha value is -3.18. The van der Waals surface area contributed by atoms with E-state index in [0.29, 0.717) is 49.1 Å². The molecule has 0 bridgehead atoms. The van der Waals surface area contributed by atoms with Crippen molar-refractivity contribution in [3.8, 4) is 17.2 Å². The highest BCUT2D eigenvalue weighted by molar-refractivity contribution is 6.60. The van der Waals surface area contributed by atoms with E-state index in [9.17, 15) is 9.59 Å². The molecule has 0 aliphatic heterocycles. The number of carbonyl (C=O) groups is 2. The van der Waals surface area contributed by atoms with Crippen molar-refractivity contribution in [2.24, 2.45) is 0 Å². The lowest BCUT2D eigenvalue weighted by atomic mass is 10.2. The molecular weight excluding hydrogens is 532 g/mol. The molecule has 40 heavy (non-hydrogen) atoms. The van der Waals surface area contributed by atoms with Crippen LogP contribution in [0.1, 0.15) is 62.4 Å². The molecule has 0 atom stereocenters. The largest absolute Gasteiger partial charge is 0.500 e. The number of rotatable bonds is 19. The zero-order valence-electron chi connectivity index (χ0n) is 24.2. The van der Waals surface area contributed by atoms with Crippen molar-refractivity contribution in [1.82, 2.24) is 0 Å². The van der Waals surface area contributed by atoms with Gasteiger partial charge in [0.2, 0.25) is 0 Å². The van der Waals surface area contributed by atoms with Crippen LogP contribution >= 0.6 is 0 Å². The van der Waals surface area contributed by atoms with Gasteiger partial charge in [-0.1, -0.05) is 18.9 Å². The number of esters is 2. The van der Waals surface area contributed by atoms with Gasteiger partial charge >= 0.3 is 20.7 Å². The van der Waals surface area contributed by atoms with Crippen molar-refractivity contribution in [3.63, 3.8) is 0 Å². The summed E-state index contributed by atoms with van der Waals surface area (Å²) >= 11 is 0. The van der Waals surface area contributed by atoms with Crippen molar-refractivity contribution >= 4 is 26.8 Å². The third kappa shape index (κ3) is 11.1. The van der Waals surface area contributed by atoms with Crippen LogP contribution in [0.3, 0.4) is 0 Å². The molecule has 2 aromatic carbocycles. The Labute approximate surface area is 238 Å². The highest BCUT2D eigenvalue weighted by atomic mass is 28.4. The Morgan fingerprint density at radius 1 is 0.775 bits per heavy atom. The van der Waals surface area contributed by atoms with E-state index in [1.165, 1.54) is 13.2 Å². The third-order valence-corrected chi connectivity index (χ3v) is 8.99. The van der Waals surface area contributed by atoms with E-state index in [0.717, 1.165) is 31.7 Å². The molecule has 0 radical (unpaired) electrons. The van der Waals surface area contributed by atoms with E-state index in [4.69, 9.17) is 32.2 Å². The molecule has 0 amide bonds. The van der Waals surface area contributed by atoms with Crippen molar-refractivity contribution in [1.29, 1.82) is 0 Å². The number of benzene rings is 2. The Kier molecular flexibility index (Phi) is 15.0. The fourth-order valence-electron chi connectivity index (χ4n) is 3.94. The second-order valence-electron chi connectivity index (χ2n) is 8.68. The summed E-state index contributed by atoms with van der Waals surface area (Å²) in [4.78, 5) is 24.6. The van der Waals surface area contributed by atoms with Gasteiger partial charge in [-0.2, -0.15) is 0 Å². The van der Waals surface area contributed by atoms with Crippen LogP contribution in [0.4, 0.5) is 0 Å². The van der Waals surface area contributed by atoms with E-state index < -0.39 is 20.7 Å². The molecule has 0 aliphatic rings. The van der Waals surface area contributed by atoms with E-state index >= 15 is 0 Å². The molecule has 9 nitrogen and oxygen atoms in total. The highest BCUT2D eigenvalue weighted by Gasteiger charge is 2.39. The molecule has 0 unspecified atom stereocenters. The second kappa shape index (κ2) is 18.2. The van der Waals surface area contributed by atoms with Crippen molar-refractivity contribution in [2.45, 2.75) is 52.5 Å². The van der Waals surface area contributed by atoms with Crippen LogP contribution in [-0.4, -0.2) is 61.4 Å². The molecule has 2 aromatic rings. The van der Waals surface area contributed by atoms with Crippen LogP contribution in [0, 0.1) is 0 Å². The average molecular weight is 575 g/mol. The molecule has 2 rings (SSSR count). The van der Waals surface area contributed by atoms with Gasteiger partial charge in [0.15, 0.2) is 11.5 Å². The van der Waals surface area contributed by atoms with E-state index in [-0.39, 0.29) is 5.75 Å². The first-order valence-electron chi connectivity index (χ1n) is 13.7. The second-order valence-corrected chi connectivity index (χ2v) is 11.4. The fourth-order valence-corrected chi connectivity index (χ4v) is 6.63. The standard InChI is InChI=1S/C30H42O9Si/c1-6-36-40(37-7-2,38-8-3)22-12-10-9-11-21-35-29(31)20-14-24-13-19-27(28(23-24)34-5)39-30(32)25-15-17-26(33-4)18-16-25/h13-20,23H,6-12,21-22H2,1-5H3/b20-14+. The summed E-state index contributed by atoms with van der Waals surface area (Å²) < 4.78 is 38.9. The van der Waals surface area contributed by atoms with Gasteiger partial charge in [-0.05, 0) is 81.7 Å². The Morgan fingerprint density at radius 3 is 2.02 bits per heavy atom. The zero-order valence-corrected chi connectivity index (χ0v) is 25.2. The normalized spacial score (nSPS) is 11.4. The first-order valence-corrected chi connectivity index (χ1v) is 15.6. The molecule has 0 aliphatic carbocycles. The minimum Gasteiger partial charge on any atom is -0.497 e. The summed E-state index contributed by atoms with van der Waals surface area (Å²) in [6.07, 6.45) is 6.61. The molecule has 0 heterocycles. The molecule has 0 fully saturated rings. The molecule has 0 N–H and O–H groups in total. The predicted molar refractivity (Wildman–Crippen MR) is 155 cm³/mol. The van der Waals surface area contributed by atoms with Crippen LogP contribution < -0.4 is 14.2 Å². The van der Waals surface area contributed by atoms with Gasteiger partial charge < -0.3 is 32.2 Å². The van der Waals surface area contributed by atoms with Crippen molar-refractivity contribution < 1.29 is 41.8 Å². The van der Waals surface area contributed by atoms with Crippen LogP contribution in [-0.2, 0) is 22.8 Å². The maximum Gasteiger partial charge on any atom is 0.500 e. The highest BCUT2D eigenvalue weighted by Crippen LogP contribution is 2.29. The summed E-state index contributed by atoms with van der Waals surface area (Å²) in [5.41, 5.74) is 1.08. The van der Waals surface area contributed by atoms with Crippen molar-refractivity contribution in [3.05, 3.63) is 59.7 Å². The predicted octanol–water partition coefficient (Wildman–Crippen LogP) is 6.09. The minimum absolute atomic E-state index is 0.270. The van der Waals surface area contributed by atoms with Crippen molar-refractivity contribution in [2.75, 3.05) is 40.6 Å². The van der Waals surface area contributed by atoms with Crippen LogP contribution in [0.2, 0.25) is 6.04 Å². The molecule has 0 spiro atoms. The van der Waals surface area contributed by atoms with Gasteiger partial charge in [0.25, 0.3) is 0 Å². The van der Waals surface area contributed by atoms with E-state index in [1.807, 2.05) is 20.8 Å². The van der Waals surface area contributed by atoms with E-state index in [1.54, 1.807) is 55.7 Å². The lowest BCUT2D eigenvalue weighted by molar-refractivity contribution is -0.137. The number of unbranched alkanes of at least 4 members (excludes halogenated alkanes) is 3. The molecule has 0 aromatic heterocycles. The van der Waals surface area contributed by atoms with Gasteiger partial charge in [0, 0.05) is 31.9 Å². The summed E-state index contributed by atoms with van der Waals surface area (Å²) in [6.45, 7) is 7.93. The zero-order chi connectivity index (χ0) is 29.2. The monoisotopic (exact) mass is 574 g/mol. The number of carbonyl (C=O) groups excluding carboxylic acids is 2. The molecule has 220 valence electrons. The molecular formula is C30H42O9Si. The first-order chi connectivity index (χ1) is 19.4. The topological polar surface area (TPSA) is 98.8 Å². The van der Waals surface area contributed by atoms with Gasteiger partial charge in [-0.25, -0.2) is 9.59 Å². The molecule has 0 saturated heterocycles. The summed E-state index contributed by atoms with van der Waals surface area (Å²) in [5.74, 6) is 0.330. The van der Waals surface area contributed by atoms with Gasteiger partial charge in [0.1, 0.15) is 5.75 Å². The maximum atomic E-state index is 12.5. The van der Waals surface area contributed by atoms with Gasteiger partial charge in [-0.3, -0.25) is 0 Å². The average Bonchev–Trinajstić information content (AvgIpc) is 2.96. The number of ether oxygens (including phenoxy) is 4. The van der Waals surface area contributed by atoms with Crippen LogP contribution in [0.5, 0.6) is 17.2 Å². The lowest BCUT2D eigenvalue weighted by Gasteiger charge is -2.28. The van der Waals surface area contributed by atoms with Crippen LogP contribution in [0.15, 0.2) is 48.5 Å². The van der Waals surface area contributed by atoms with E-state index in [2.05, 4.69) is 0 Å². The maximum absolute atomic E-state index is 12.5. The Morgan fingerprint density at radius 2 is 1.43 bits per heavy atom. The van der Waals surface area contributed by atoms with Gasteiger partial charge in [0.05, 0.1) is 26.4 Å². The summed E-state index contributed by atoms with van der Waals surface area (Å²) in [5, 5.41) is 0. The Balaban J connectivity index is 1.77. The molecule has 0 saturated carbocycles. The Bertz CT molecular complexity index is 1050. The quantitative estimate of drug-likeness (QED) is 0.0649. The van der Waals surface area contributed by atoms with Crippen LogP contribution in [0.25, 0.3) is 6.08 Å². The third-order valence-electron chi connectivity index (χ3n) is 5.84. The smallest absolute Gasteiger partial charge is 0.497 e. The number of hydrogen-bond acceptors (Lipinski definition) is 9. The summed E-state index contributed by atoms with van der Waals surface area (Å²) in [7, 11) is 0.441. The SMILES string of the molecule is CCO[Si](CCCCCCOC(=O)/C=C/c1ccc(OC(=O)c2ccc(OC)cc2)c(OC)c1)(OCC)OCC. The first kappa shape index (κ1) is 33.0. The minimum atomic E-state index is -2.59. The fraction of sp³-hybridized carbons (Fsp3) is 0.467.